The molecule has 0 aromatic heterocycles. The Hall–Kier alpha value is -0.400. The molecule has 0 saturated carbocycles. The summed E-state index contributed by atoms with van der Waals surface area (Å²) < 4.78 is 39.6. The Morgan fingerprint density at radius 3 is 2.65 bits per heavy atom. The highest BCUT2D eigenvalue weighted by atomic mass is 35.5. The number of benzene rings is 1. The number of nitrogens with zero attached hydrogens (tertiary/aromatic N) is 1. The zero-order valence-electron chi connectivity index (χ0n) is 11.1. The standard InChI is InChI=1S/C12H16ClFN2O2S.ClH/c1-8-7-16(9(2)6-15-8)19(17,18)12-4-3-10(14)5-11(12)13;/h3-5,8-9,15H,6-7H2,1-2H3;1H. The van der Waals surface area contributed by atoms with E-state index in [1.807, 2.05) is 13.8 Å². The maximum absolute atomic E-state index is 13.0. The molecule has 1 aliphatic rings. The molecular formula is C12H17Cl2FN2O2S. The van der Waals surface area contributed by atoms with Gasteiger partial charge in [0.15, 0.2) is 0 Å². The van der Waals surface area contributed by atoms with E-state index in [-0.39, 0.29) is 34.4 Å². The molecule has 1 aliphatic heterocycles. The first-order chi connectivity index (χ1) is 8.82. The lowest BCUT2D eigenvalue weighted by atomic mass is 10.2. The average molecular weight is 343 g/mol. The van der Waals surface area contributed by atoms with Gasteiger partial charge in [-0.2, -0.15) is 4.31 Å². The molecule has 2 unspecified atom stereocenters. The van der Waals surface area contributed by atoms with Crippen LogP contribution in [-0.4, -0.2) is 37.9 Å². The summed E-state index contributed by atoms with van der Waals surface area (Å²) in [7, 11) is -3.70. The van der Waals surface area contributed by atoms with Crippen LogP contribution >= 0.6 is 24.0 Å². The van der Waals surface area contributed by atoms with Gasteiger partial charge in [0.05, 0.1) is 5.02 Å². The van der Waals surface area contributed by atoms with Crippen molar-refractivity contribution in [1.82, 2.24) is 9.62 Å². The average Bonchev–Trinajstić information content (AvgIpc) is 2.31. The Kier molecular flexibility index (Phi) is 5.80. The van der Waals surface area contributed by atoms with Crippen LogP contribution in [0.3, 0.4) is 0 Å². The number of halogens is 3. The van der Waals surface area contributed by atoms with E-state index in [9.17, 15) is 12.8 Å². The molecule has 114 valence electrons. The van der Waals surface area contributed by atoms with Gasteiger partial charge in [-0.25, -0.2) is 12.8 Å². The summed E-state index contributed by atoms with van der Waals surface area (Å²) in [5.74, 6) is -0.550. The summed E-state index contributed by atoms with van der Waals surface area (Å²) in [6, 6.07) is 3.25. The lowest BCUT2D eigenvalue weighted by molar-refractivity contribution is 0.244. The molecule has 1 aromatic carbocycles. The van der Waals surface area contributed by atoms with Crippen molar-refractivity contribution in [2.75, 3.05) is 13.1 Å². The van der Waals surface area contributed by atoms with E-state index in [1.54, 1.807) is 0 Å². The Morgan fingerprint density at radius 1 is 1.40 bits per heavy atom. The van der Waals surface area contributed by atoms with Gasteiger partial charge in [-0.3, -0.25) is 0 Å². The lowest BCUT2D eigenvalue weighted by Gasteiger charge is -2.36. The molecule has 8 heteroatoms. The van der Waals surface area contributed by atoms with Gasteiger partial charge < -0.3 is 5.32 Å². The summed E-state index contributed by atoms with van der Waals surface area (Å²) in [6.07, 6.45) is 0. The van der Waals surface area contributed by atoms with Crippen molar-refractivity contribution in [3.05, 3.63) is 29.0 Å². The van der Waals surface area contributed by atoms with Crippen molar-refractivity contribution >= 4 is 34.0 Å². The molecule has 2 atom stereocenters. The molecule has 20 heavy (non-hydrogen) atoms. The monoisotopic (exact) mass is 342 g/mol. The third-order valence-electron chi connectivity index (χ3n) is 3.19. The van der Waals surface area contributed by atoms with Crippen molar-refractivity contribution in [3.8, 4) is 0 Å². The van der Waals surface area contributed by atoms with Gasteiger partial charge in [-0.15, -0.1) is 12.4 Å². The van der Waals surface area contributed by atoms with E-state index in [0.717, 1.165) is 12.1 Å². The minimum atomic E-state index is -3.70. The third-order valence-corrected chi connectivity index (χ3v) is 5.65. The molecule has 2 rings (SSSR count). The van der Waals surface area contributed by atoms with E-state index >= 15 is 0 Å². The number of hydrogen-bond acceptors (Lipinski definition) is 3. The summed E-state index contributed by atoms with van der Waals surface area (Å²) in [5, 5.41) is 3.13. The van der Waals surface area contributed by atoms with Crippen LogP contribution in [0.1, 0.15) is 13.8 Å². The van der Waals surface area contributed by atoms with Crippen molar-refractivity contribution in [3.63, 3.8) is 0 Å². The highest BCUT2D eigenvalue weighted by molar-refractivity contribution is 7.89. The minimum absolute atomic E-state index is 0. The molecule has 1 N–H and O–H groups in total. The smallest absolute Gasteiger partial charge is 0.244 e. The van der Waals surface area contributed by atoms with Crippen LogP contribution in [0, 0.1) is 5.82 Å². The van der Waals surface area contributed by atoms with E-state index in [4.69, 9.17) is 11.6 Å². The predicted octanol–water partition coefficient (Wildman–Crippen LogP) is 2.27. The third kappa shape index (κ3) is 3.43. The second-order valence-corrected chi connectivity index (χ2v) is 7.07. The van der Waals surface area contributed by atoms with E-state index in [2.05, 4.69) is 5.32 Å². The van der Waals surface area contributed by atoms with Gasteiger partial charge >= 0.3 is 0 Å². The predicted molar refractivity (Wildman–Crippen MR) is 79.5 cm³/mol. The molecule has 0 radical (unpaired) electrons. The fraction of sp³-hybridized carbons (Fsp3) is 0.500. The van der Waals surface area contributed by atoms with Gasteiger partial charge in [-0.1, -0.05) is 11.6 Å². The lowest BCUT2D eigenvalue weighted by Crippen LogP contribution is -2.56. The highest BCUT2D eigenvalue weighted by Crippen LogP contribution is 2.27. The molecule has 1 saturated heterocycles. The number of rotatable bonds is 2. The molecule has 1 fully saturated rings. The normalized spacial score (nSPS) is 24.2. The summed E-state index contributed by atoms with van der Waals surface area (Å²) in [4.78, 5) is -0.0449. The van der Waals surface area contributed by atoms with Crippen LogP contribution in [0.4, 0.5) is 4.39 Å². The van der Waals surface area contributed by atoms with Crippen molar-refractivity contribution in [2.24, 2.45) is 0 Å². The van der Waals surface area contributed by atoms with Gasteiger partial charge in [0.2, 0.25) is 10.0 Å². The van der Waals surface area contributed by atoms with E-state index in [0.29, 0.717) is 13.1 Å². The maximum Gasteiger partial charge on any atom is 0.244 e. The molecule has 4 nitrogen and oxygen atoms in total. The fourth-order valence-corrected chi connectivity index (χ4v) is 4.36. The molecule has 0 aliphatic carbocycles. The molecular weight excluding hydrogens is 326 g/mol. The second-order valence-electron chi connectivity index (χ2n) is 4.81. The van der Waals surface area contributed by atoms with Crippen LogP contribution in [-0.2, 0) is 10.0 Å². The first kappa shape index (κ1) is 17.7. The first-order valence-electron chi connectivity index (χ1n) is 6.02. The topological polar surface area (TPSA) is 49.4 Å². The molecule has 0 bridgehead atoms. The number of piperazine rings is 1. The van der Waals surface area contributed by atoms with Gasteiger partial charge in [-0.05, 0) is 32.0 Å². The van der Waals surface area contributed by atoms with Crippen LogP contribution in [0.5, 0.6) is 0 Å². The van der Waals surface area contributed by atoms with E-state index < -0.39 is 15.8 Å². The van der Waals surface area contributed by atoms with Crippen LogP contribution < -0.4 is 5.32 Å². The first-order valence-corrected chi connectivity index (χ1v) is 7.84. The number of hydrogen-bond donors (Lipinski definition) is 1. The Morgan fingerprint density at radius 2 is 2.05 bits per heavy atom. The molecule has 0 spiro atoms. The van der Waals surface area contributed by atoms with Gasteiger partial charge in [0.25, 0.3) is 0 Å². The van der Waals surface area contributed by atoms with Crippen LogP contribution in [0.2, 0.25) is 5.02 Å². The van der Waals surface area contributed by atoms with Gasteiger partial charge in [0, 0.05) is 25.2 Å². The van der Waals surface area contributed by atoms with Crippen molar-refractivity contribution in [1.29, 1.82) is 0 Å². The van der Waals surface area contributed by atoms with E-state index in [1.165, 1.54) is 10.4 Å². The van der Waals surface area contributed by atoms with Crippen molar-refractivity contribution in [2.45, 2.75) is 30.8 Å². The fourth-order valence-electron chi connectivity index (χ4n) is 2.13. The second kappa shape index (κ2) is 6.58. The molecule has 1 aromatic rings. The highest BCUT2D eigenvalue weighted by Gasteiger charge is 2.34. The quantitative estimate of drug-likeness (QED) is 0.896. The largest absolute Gasteiger partial charge is 0.311 e. The van der Waals surface area contributed by atoms with Crippen LogP contribution in [0.25, 0.3) is 0 Å². The molecule has 1 heterocycles. The number of sulfonamides is 1. The Bertz CT molecular complexity index is 583. The number of nitrogens with one attached hydrogen (secondary N) is 1. The maximum atomic E-state index is 13.0. The zero-order chi connectivity index (χ0) is 14.2. The Labute approximate surface area is 129 Å². The zero-order valence-corrected chi connectivity index (χ0v) is 13.5. The summed E-state index contributed by atoms with van der Waals surface area (Å²) in [6.45, 7) is 4.70. The minimum Gasteiger partial charge on any atom is -0.311 e. The SMILES string of the molecule is CC1CN(S(=O)(=O)c2ccc(F)cc2Cl)C(C)CN1.Cl. The Balaban J connectivity index is 0.00000200. The summed E-state index contributed by atoms with van der Waals surface area (Å²) in [5.41, 5.74) is 0. The van der Waals surface area contributed by atoms with Gasteiger partial charge in [0.1, 0.15) is 10.7 Å². The molecule has 0 amide bonds. The van der Waals surface area contributed by atoms with Crippen LogP contribution in [0.15, 0.2) is 23.1 Å². The summed E-state index contributed by atoms with van der Waals surface area (Å²) >= 11 is 5.86. The van der Waals surface area contributed by atoms with Crippen molar-refractivity contribution < 1.29 is 12.8 Å².